The Morgan fingerprint density at radius 3 is 2.21 bits per heavy atom. The first kappa shape index (κ1) is 22.6. The van der Waals surface area contributed by atoms with Crippen molar-refractivity contribution in [1.29, 1.82) is 0 Å². The lowest BCUT2D eigenvalue weighted by molar-refractivity contribution is -0.146. The molecule has 2 rings (SSSR count). The minimum atomic E-state index is -0.851. The topological polar surface area (TPSA) is 72.5 Å². The van der Waals surface area contributed by atoms with E-state index >= 15 is 0 Å². The van der Waals surface area contributed by atoms with Crippen LogP contribution in [0.3, 0.4) is 0 Å². The SMILES string of the molecule is CC[C@H](C)[C@H](NC(=O)c1ccc(Cl)cc1)C(=O)OCC(=O)c1ccc(C)c(C)c1. The first-order valence-corrected chi connectivity index (χ1v) is 9.94. The lowest BCUT2D eigenvalue weighted by Gasteiger charge is -2.22. The lowest BCUT2D eigenvalue weighted by atomic mass is 9.98. The van der Waals surface area contributed by atoms with Crippen molar-refractivity contribution in [2.75, 3.05) is 6.61 Å². The van der Waals surface area contributed by atoms with Crippen molar-refractivity contribution in [3.8, 4) is 0 Å². The summed E-state index contributed by atoms with van der Waals surface area (Å²) in [5.41, 5.74) is 2.96. The van der Waals surface area contributed by atoms with Crippen molar-refractivity contribution in [2.45, 2.75) is 40.2 Å². The van der Waals surface area contributed by atoms with E-state index < -0.39 is 17.9 Å². The average Bonchev–Trinajstić information content (AvgIpc) is 2.71. The molecule has 0 saturated carbocycles. The molecule has 0 aliphatic heterocycles. The molecule has 5 nitrogen and oxygen atoms in total. The summed E-state index contributed by atoms with van der Waals surface area (Å²) in [6.45, 7) is 7.27. The van der Waals surface area contributed by atoms with Crippen LogP contribution in [0.25, 0.3) is 0 Å². The number of nitrogens with one attached hydrogen (secondary N) is 1. The van der Waals surface area contributed by atoms with Gasteiger partial charge >= 0.3 is 5.97 Å². The van der Waals surface area contributed by atoms with Gasteiger partial charge in [-0.3, -0.25) is 9.59 Å². The molecule has 154 valence electrons. The zero-order valence-corrected chi connectivity index (χ0v) is 17.9. The summed E-state index contributed by atoms with van der Waals surface area (Å²) in [7, 11) is 0. The second kappa shape index (κ2) is 10.2. The Hall–Kier alpha value is -2.66. The van der Waals surface area contributed by atoms with Gasteiger partial charge in [0.25, 0.3) is 5.91 Å². The molecule has 0 aliphatic carbocycles. The maximum Gasteiger partial charge on any atom is 0.329 e. The third kappa shape index (κ3) is 6.16. The van der Waals surface area contributed by atoms with Crippen LogP contribution in [0, 0.1) is 19.8 Å². The van der Waals surface area contributed by atoms with Crippen LogP contribution in [0.5, 0.6) is 0 Å². The molecule has 2 atom stereocenters. The fraction of sp³-hybridized carbons (Fsp3) is 0.348. The molecular formula is C23H26ClNO4. The molecule has 2 aromatic carbocycles. The van der Waals surface area contributed by atoms with Crippen LogP contribution in [-0.4, -0.2) is 30.3 Å². The van der Waals surface area contributed by atoms with Crippen LogP contribution in [-0.2, 0) is 9.53 Å². The van der Waals surface area contributed by atoms with E-state index in [1.807, 2.05) is 33.8 Å². The van der Waals surface area contributed by atoms with Crippen LogP contribution < -0.4 is 5.32 Å². The third-order valence-electron chi connectivity index (χ3n) is 5.03. The largest absolute Gasteiger partial charge is 0.456 e. The summed E-state index contributed by atoms with van der Waals surface area (Å²) in [6, 6.07) is 10.9. The van der Waals surface area contributed by atoms with E-state index in [1.165, 1.54) is 0 Å². The second-order valence-electron chi connectivity index (χ2n) is 7.17. The Balaban J connectivity index is 2.04. The minimum Gasteiger partial charge on any atom is -0.456 e. The summed E-state index contributed by atoms with van der Waals surface area (Å²) >= 11 is 5.85. The van der Waals surface area contributed by atoms with E-state index in [-0.39, 0.29) is 18.3 Å². The first-order chi connectivity index (χ1) is 13.7. The van der Waals surface area contributed by atoms with E-state index in [0.717, 1.165) is 11.1 Å². The Labute approximate surface area is 176 Å². The average molecular weight is 416 g/mol. The highest BCUT2D eigenvalue weighted by Gasteiger charge is 2.28. The molecule has 1 N–H and O–H groups in total. The van der Waals surface area contributed by atoms with Gasteiger partial charge in [0.1, 0.15) is 6.04 Å². The molecule has 0 heterocycles. The third-order valence-corrected chi connectivity index (χ3v) is 5.29. The number of esters is 1. The van der Waals surface area contributed by atoms with Crippen molar-refractivity contribution in [1.82, 2.24) is 5.32 Å². The van der Waals surface area contributed by atoms with Crippen LogP contribution >= 0.6 is 11.6 Å². The molecule has 2 aromatic rings. The van der Waals surface area contributed by atoms with Crippen LogP contribution in [0.15, 0.2) is 42.5 Å². The number of amides is 1. The van der Waals surface area contributed by atoms with E-state index in [9.17, 15) is 14.4 Å². The van der Waals surface area contributed by atoms with E-state index in [1.54, 1.807) is 36.4 Å². The number of rotatable bonds is 8. The summed E-state index contributed by atoms with van der Waals surface area (Å²) in [5, 5.41) is 3.23. The quantitative estimate of drug-likeness (QED) is 0.508. The van der Waals surface area contributed by atoms with Gasteiger partial charge in [0.15, 0.2) is 12.4 Å². The highest BCUT2D eigenvalue weighted by Crippen LogP contribution is 2.14. The zero-order valence-electron chi connectivity index (χ0n) is 17.1. The molecule has 0 fully saturated rings. The number of halogens is 1. The first-order valence-electron chi connectivity index (χ1n) is 9.56. The van der Waals surface area contributed by atoms with Crippen molar-refractivity contribution >= 4 is 29.3 Å². The number of ether oxygens (including phenoxy) is 1. The molecule has 1 amide bonds. The highest BCUT2D eigenvalue weighted by molar-refractivity contribution is 6.30. The Kier molecular flexibility index (Phi) is 7.97. The standard InChI is InChI=1S/C23H26ClNO4/c1-5-14(2)21(25-22(27)17-8-10-19(24)11-9-17)23(28)29-13-20(26)18-7-6-15(3)16(4)12-18/h6-12,14,21H,5,13H2,1-4H3,(H,25,27)/t14-,21-/m0/s1. The van der Waals surface area contributed by atoms with Gasteiger partial charge in [-0.1, -0.05) is 44.0 Å². The van der Waals surface area contributed by atoms with Gasteiger partial charge in [0.05, 0.1) is 0 Å². The van der Waals surface area contributed by atoms with Crippen molar-refractivity contribution < 1.29 is 19.1 Å². The van der Waals surface area contributed by atoms with E-state index in [2.05, 4.69) is 5.32 Å². The van der Waals surface area contributed by atoms with Gasteiger partial charge in [-0.25, -0.2) is 4.79 Å². The van der Waals surface area contributed by atoms with Gasteiger partial charge in [0.2, 0.25) is 0 Å². The molecular weight excluding hydrogens is 390 g/mol. The Morgan fingerprint density at radius 1 is 1.00 bits per heavy atom. The van der Waals surface area contributed by atoms with Crippen LogP contribution in [0.2, 0.25) is 5.02 Å². The fourth-order valence-corrected chi connectivity index (χ4v) is 2.85. The lowest BCUT2D eigenvalue weighted by Crippen LogP contribution is -2.46. The van der Waals surface area contributed by atoms with Crippen molar-refractivity contribution in [2.24, 2.45) is 5.92 Å². The predicted molar refractivity (Wildman–Crippen MR) is 113 cm³/mol. The molecule has 6 heteroatoms. The number of benzene rings is 2. The van der Waals surface area contributed by atoms with Gasteiger partial charge < -0.3 is 10.1 Å². The number of carbonyl (C=O) groups excluding carboxylic acids is 3. The van der Waals surface area contributed by atoms with E-state index in [4.69, 9.17) is 16.3 Å². The normalized spacial score (nSPS) is 12.7. The number of carbonyl (C=O) groups is 3. The van der Waals surface area contributed by atoms with Crippen LogP contribution in [0.1, 0.15) is 52.1 Å². The fourth-order valence-electron chi connectivity index (χ4n) is 2.72. The molecule has 0 unspecified atom stereocenters. The minimum absolute atomic E-state index is 0.157. The van der Waals surface area contributed by atoms with Crippen molar-refractivity contribution in [3.05, 3.63) is 69.7 Å². The summed E-state index contributed by atoms with van der Waals surface area (Å²) in [6.07, 6.45) is 0.658. The summed E-state index contributed by atoms with van der Waals surface area (Å²) in [5.74, 6) is -1.47. The van der Waals surface area contributed by atoms with Crippen molar-refractivity contribution in [3.63, 3.8) is 0 Å². The molecule has 29 heavy (non-hydrogen) atoms. The van der Waals surface area contributed by atoms with Gasteiger partial charge in [-0.2, -0.15) is 0 Å². The summed E-state index contributed by atoms with van der Waals surface area (Å²) in [4.78, 5) is 37.5. The second-order valence-corrected chi connectivity index (χ2v) is 7.61. The smallest absolute Gasteiger partial charge is 0.329 e. The number of hydrogen-bond acceptors (Lipinski definition) is 4. The Morgan fingerprint density at radius 2 is 1.62 bits per heavy atom. The molecule has 0 radical (unpaired) electrons. The number of hydrogen-bond donors (Lipinski definition) is 1. The molecule has 0 aromatic heterocycles. The predicted octanol–water partition coefficient (Wildman–Crippen LogP) is 4.53. The molecule has 0 spiro atoms. The van der Waals surface area contributed by atoms with Crippen LogP contribution in [0.4, 0.5) is 0 Å². The monoisotopic (exact) mass is 415 g/mol. The van der Waals surface area contributed by atoms with Gasteiger partial charge in [-0.05, 0) is 61.2 Å². The van der Waals surface area contributed by atoms with E-state index in [0.29, 0.717) is 22.6 Å². The maximum absolute atomic E-state index is 12.6. The summed E-state index contributed by atoms with van der Waals surface area (Å²) < 4.78 is 5.25. The van der Waals surface area contributed by atoms with Gasteiger partial charge in [0, 0.05) is 16.1 Å². The highest BCUT2D eigenvalue weighted by atomic mass is 35.5. The number of aryl methyl sites for hydroxylation is 2. The molecule has 0 bridgehead atoms. The number of Topliss-reactive ketones (excluding diaryl/α,β-unsaturated/α-hetero) is 1. The molecule has 0 saturated heterocycles. The van der Waals surface area contributed by atoms with Gasteiger partial charge in [-0.15, -0.1) is 0 Å². The Bertz CT molecular complexity index is 892. The maximum atomic E-state index is 12.6. The zero-order chi connectivity index (χ0) is 21.6. The number of ketones is 1. The molecule has 0 aliphatic rings.